The Morgan fingerprint density at radius 2 is 2.22 bits per heavy atom. The number of amides is 1. The molecular formula is C13H11ClN2O2. The summed E-state index contributed by atoms with van der Waals surface area (Å²) in [5.41, 5.74) is 6.62. The summed E-state index contributed by atoms with van der Waals surface area (Å²) in [5, 5.41) is 3.04. The minimum Gasteiger partial charge on any atom is -0.465 e. The maximum Gasteiger partial charge on any atom is 0.248 e. The van der Waals surface area contributed by atoms with Crippen LogP contribution < -0.4 is 11.1 Å². The zero-order valence-corrected chi connectivity index (χ0v) is 10.1. The van der Waals surface area contributed by atoms with Crippen LogP contribution in [0.15, 0.2) is 47.1 Å². The Balaban J connectivity index is 2.03. The van der Waals surface area contributed by atoms with Crippen LogP contribution in [0.3, 0.4) is 0 Å². The standard InChI is InChI=1S/C13H11ClN2O2/c14-11-8-9(15)3-5-12(11)16-13(17)6-4-10-2-1-7-18-10/h1-8H,15H2,(H,16,17)/b6-4+. The second-order valence-electron chi connectivity index (χ2n) is 3.58. The van der Waals surface area contributed by atoms with Gasteiger partial charge in [-0.15, -0.1) is 0 Å². The first-order valence-electron chi connectivity index (χ1n) is 5.23. The Hall–Kier alpha value is -2.20. The highest BCUT2D eigenvalue weighted by Crippen LogP contribution is 2.23. The van der Waals surface area contributed by atoms with Crippen LogP contribution in [0.25, 0.3) is 6.08 Å². The van der Waals surface area contributed by atoms with E-state index < -0.39 is 0 Å². The van der Waals surface area contributed by atoms with Crippen LogP contribution in [0.5, 0.6) is 0 Å². The fourth-order valence-corrected chi connectivity index (χ4v) is 1.59. The minimum atomic E-state index is -0.293. The summed E-state index contributed by atoms with van der Waals surface area (Å²) < 4.78 is 5.06. The molecule has 1 aromatic heterocycles. The first kappa shape index (κ1) is 12.3. The van der Waals surface area contributed by atoms with Gasteiger partial charge in [-0.2, -0.15) is 0 Å². The maximum absolute atomic E-state index is 11.6. The quantitative estimate of drug-likeness (QED) is 0.659. The van der Waals surface area contributed by atoms with E-state index in [4.69, 9.17) is 21.8 Å². The smallest absolute Gasteiger partial charge is 0.248 e. The summed E-state index contributed by atoms with van der Waals surface area (Å²) in [5.74, 6) is 0.312. The molecule has 3 N–H and O–H groups in total. The summed E-state index contributed by atoms with van der Waals surface area (Å²) in [6.45, 7) is 0. The van der Waals surface area contributed by atoms with Gasteiger partial charge < -0.3 is 15.5 Å². The van der Waals surface area contributed by atoms with Crippen molar-refractivity contribution in [1.29, 1.82) is 0 Å². The van der Waals surface area contributed by atoms with Crippen molar-refractivity contribution < 1.29 is 9.21 Å². The van der Waals surface area contributed by atoms with Crippen LogP contribution in [0.2, 0.25) is 5.02 Å². The van der Waals surface area contributed by atoms with Gasteiger partial charge in [0.05, 0.1) is 17.0 Å². The number of furan rings is 1. The third-order valence-electron chi connectivity index (χ3n) is 2.19. The Morgan fingerprint density at radius 3 is 2.89 bits per heavy atom. The molecule has 0 aliphatic heterocycles. The molecule has 92 valence electrons. The van der Waals surface area contributed by atoms with E-state index in [1.54, 1.807) is 36.4 Å². The first-order chi connectivity index (χ1) is 8.65. The van der Waals surface area contributed by atoms with E-state index >= 15 is 0 Å². The van der Waals surface area contributed by atoms with Gasteiger partial charge in [-0.25, -0.2) is 0 Å². The maximum atomic E-state index is 11.6. The van der Waals surface area contributed by atoms with Crippen LogP contribution in [-0.2, 0) is 4.79 Å². The van der Waals surface area contributed by atoms with Gasteiger partial charge in [-0.05, 0) is 36.4 Å². The van der Waals surface area contributed by atoms with Gasteiger partial charge >= 0.3 is 0 Å². The average Bonchev–Trinajstić information content (AvgIpc) is 2.83. The van der Waals surface area contributed by atoms with Crippen molar-refractivity contribution in [2.45, 2.75) is 0 Å². The Labute approximate surface area is 109 Å². The van der Waals surface area contributed by atoms with E-state index in [0.29, 0.717) is 22.2 Å². The second-order valence-corrected chi connectivity index (χ2v) is 3.98. The van der Waals surface area contributed by atoms with Crippen molar-refractivity contribution in [2.24, 2.45) is 0 Å². The molecule has 0 radical (unpaired) electrons. The van der Waals surface area contributed by atoms with Crippen molar-refractivity contribution in [3.8, 4) is 0 Å². The van der Waals surface area contributed by atoms with Gasteiger partial charge in [0.2, 0.25) is 5.91 Å². The SMILES string of the molecule is Nc1ccc(NC(=O)/C=C/c2ccco2)c(Cl)c1. The molecule has 0 aliphatic carbocycles. The van der Waals surface area contributed by atoms with Crippen LogP contribution in [-0.4, -0.2) is 5.91 Å². The molecule has 4 nitrogen and oxygen atoms in total. The zero-order chi connectivity index (χ0) is 13.0. The largest absolute Gasteiger partial charge is 0.465 e. The molecule has 0 atom stereocenters. The third kappa shape index (κ3) is 3.15. The molecule has 0 bridgehead atoms. The van der Waals surface area contributed by atoms with E-state index in [-0.39, 0.29) is 5.91 Å². The molecule has 0 fully saturated rings. The highest BCUT2D eigenvalue weighted by Gasteiger charge is 2.03. The molecule has 2 rings (SSSR count). The number of nitrogens with two attached hydrogens (primary N) is 1. The minimum absolute atomic E-state index is 0.293. The monoisotopic (exact) mass is 262 g/mol. The number of carbonyl (C=O) groups excluding carboxylic acids is 1. The van der Waals surface area contributed by atoms with Gasteiger partial charge in [-0.3, -0.25) is 4.79 Å². The number of benzene rings is 1. The molecule has 0 aliphatic rings. The first-order valence-corrected chi connectivity index (χ1v) is 5.60. The van der Waals surface area contributed by atoms with Crippen molar-refractivity contribution in [3.05, 3.63) is 53.5 Å². The van der Waals surface area contributed by atoms with Gasteiger partial charge in [0, 0.05) is 11.8 Å². The normalized spacial score (nSPS) is 10.7. The third-order valence-corrected chi connectivity index (χ3v) is 2.51. The lowest BCUT2D eigenvalue weighted by atomic mass is 10.3. The van der Waals surface area contributed by atoms with Crippen molar-refractivity contribution in [2.75, 3.05) is 11.1 Å². The zero-order valence-electron chi connectivity index (χ0n) is 9.39. The highest BCUT2D eigenvalue weighted by atomic mass is 35.5. The summed E-state index contributed by atoms with van der Waals surface area (Å²) in [6.07, 6.45) is 4.47. The fraction of sp³-hybridized carbons (Fsp3) is 0. The van der Waals surface area contributed by atoms with E-state index in [0.717, 1.165) is 0 Å². The van der Waals surface area contributed by atoms with Gasteiger partial charge in [-0.1, -0.05) is 11.6 Å². The van der Waals surface area contributed by atoms with E-state index in [9.17, 15) is 4.79 Å². The number of halogens is 1. The molecule has 18 heavy (non-hydrogen) atoms. The van der Waals surface area contributed by atoms with Crippen molar-refractivity contribution in [3.63, 3.8) is 0 Å². The lowest BCUT2D eigenvalue weighted by Gasteiger charge is -2.05. The molecule has 0 spiro atoms. The lowest BCUT2D eigenvalue weighted by Crippen LogP contribution is -2.08. The number of hydrogen-bond donors (Lipinski definition) is 2. The van der Waals surface area contributed by atoms with Crippen molar-refractivity contribution in [1.82, 2.24) is 0 Å². The van der Waals surface area contributed by atoms with Crippen molar-refractivity contribution >= 4 is 35.0 Å². The molecule has 1 aromatic carbocycles. The molecule has 2 aromatic rings. The van der Waals surface area contributed by atoms with Gasteiger partial charge in [0.25, 0.3) is 0 Å². The predicted molar refractivity (Wildman–Crippen MR) is 72.2 cm³/mol. The number of rotatable bonds is 3. The Morgan fingerprint density at radius 1 is 1.39 bits per heavy atom. The summed E-state index contributed by atoms with van der Waals surface area (Å²) in [6, 6.07) is 8.38. The molecule has 1 heterocycles. The van der Waals surface area contributed by atoms with Crippen LogP contribution in [0.1, 0.15) is 5.76 Å². The predicted octanol–water partition coefficient (Wildman–Crippen LogP) is 3.17. The summed E-state index contributed by atoms with van der Waals surface area (Å²) >= 11 is 5.94. The molecule has 1 amide bonds. The number of carbonyl (C=O) groups is 1. The fourth-order valence-electron chi connectivity index (χ4n) is 1.35. The van der Waals surface area contributed by atoms with Crippen LogP contribution in [0.4, 0.5) is 11.4 Å². The van der Waals surface area contributed by atoms with E-state index in [2.05, 4.69) is 5.32 Å². The Kier molecular flexibility index (Phi) is 3.69. The molecular weight excluding hydrogens is 252 g/mol. The van der Waals surface area contributed by atoms with Gasteiger partial charge in [0.15, 0.2) is 0 Å². The van der Waals surface area contributed by atoms with Gasteiger partial charge in [0.1, 0.15) is 5.76 Å². The van der Waals surface area contributed by atoms with Crippen LogP contribution >= 0.6 is 11.6 Å². The molecule has 0 saturated heterocycles. The second kappa shape index (κ2) is 5.42. The topological polar surface area (TPSA) is 68.3 Å². The summed E-state index contributed by atoms with van der Waals surface area (Å²) in [7, 11) is 0. The molecule has 0 unspecified atom stereocenters. The van der Waals surface area contributed by atoms with E-state index in [1.165, 1.54) is 12.3 Å². The lowest BCUT2D eigenvalue weighted by molar-refractivity contribution is -0.111. The van der Waals surface area contributed by atoms with Crippen LogP contribution in [0, 0.1) is 0 Å². The number of anilines is 2. The number of nitrogens with one attached hydrogen (secondary N) is 1. The van der Waals surface area contributed by atoms with E-state index in [1.807, 2.05) is 0 Å². The Bertz CT molecular complexity index is 577. The summed E-state index contributed by atoms with van der Waals surface area (Å²) in [4.78, 5) is 11.6. The number of nitrogen functional groups attached to an aromatic ring is 1. The molecule has 0 saturated carbocycles. The average molecular weight is 263 g/mol. The number of hydrogen-bond acceptors (Lipinski definition) is 3. The highest BCUT2D eigenvalue weighted by molar-refractivity contribution is 6.34. The molecule has 5 heteroatoms.